The van der Waals surface area contributed by atoms with E-state index in [9.17, 15) is 19.2 Å². The molecule has 0 saturated carbocycles. The Hall–Kier alpha value is -2.94. The molecule has 1 aromatic carbocycles. The third-order valence-electron chi connectivity index (χ3n) is 5.81. The van der Waals surface area contributed by atoms with Gasteiger partial charge in [-0.3, -0.25) is 19.2 Å². The summed E-state index contributed by atoms with van der Waals surface area (Å²) in [7, 11) is 1.23. The van der Waals surface area contributed by atoms with Crippen molar-refractivity contribution in [3.8, 4) is 11.5 Å². The van der Waals surface area contributed by atoms with E-state index >= 15 is 0 Å². The van der Waals surface area contributed by atoms with Crippen LogP contribution in [0.25, 0.3) is 0 Å². The smallest absolute Gasteiger partial charge is 0.326 e. The first-order valence-corrected chi connectivity index (χ1v) is 13.2. The minimum Gasteiger partial charge on any atom is -0.468 e. The molecule has 0 unspecified atom stereocenters. The number of hydrogen-bond acceptors (Lipinski definition) is 9. The molecule has 214 valence electrons. The SMILES string of the molecule is COC(=O)[C@@](N)(CCOC(=O)C(C)(C)C)Cc1ccc(OC(=O)CCC(C)C)c(OC(=O)CCC(C)C)c1. The summed E-state index contributed by atoms with van der Waals surface area (Å²) in [6.45, 7) is 13.1. The van der Waals surface area contributed by atoms with Gasteiger partial charge in [0.15, 0.2) is 11.5 Å². The molecule has 0 bridgehead atoms. The highest BCUT2D eigenvalue weighted by Gasteiger charge is 2.36. The summed E-state index contributed by atoms with van der Waals surface area (Å²) in [5.74, 6) is -1.16. The van der Waals surface area contributed by atoms with Crippen molar-refractivity contribution in [3.63, 3.8) is 0 Å². The number of rotatable bonds is 14. The molecule has 38 heavy (non-hydrogen) atoms. The highest BCUT2D eigenvalue weighted by molar-refractivity contribution is 5.81. The molecule has 0 aromatic heterocycles. The van der Waals surface area contributed by atoms with Gasteiger partial charge in [-0.15, -0.1) is 0 Å². The minimum atomic E-state index is -1.51. The Labute approximate surface area is 226 Å². The minimum absolute atomic E-state index is 0.00482. The van der Waals surface area contributed by atoms with Crippen LogP contribution in [0.3, 0.4) is 0 Å². The topological polar surface area (TPSA) is 131 Å². The molecule has 9 nitrogen and oxygen atoms in total. The second-order valence-electron chi connectivity index (χ2n) is 11.6. The van der Waals surface area contributed by atoms with Crippen molar-refractivity contribution >= 4 is 23.9 Å². The third-order valence-corrected chi connectivity index (χ3v) is 5.81. The summed E-state index contributed by atoms with van der Waals surface area (Å²) in [6, 6.07) is 4.69. The first kappa shape index (κ1) is 33.1. The molecular weight excluding hydrogens is 490 g/mol. The predicted molar refractivity (Wildman–Crippen MR) is 144 cm³/mol. The van der Waals surface area contributed by atoms with Crippen LogP contribution in [0.5, 0.6) is 11.5 Å². The lowest BCUT2D eigenvalue weighted by molar-refractivity contribution is -0.156. The summed E-state index contributed by atoms with van der Waals surface area (Å²) in [4.78, 5) is 49.6. The number of methoxy groups -OCH3 is 1. The van der Waals surface area contributed by atoms with Gasteiger partial charge in [-0.2, -0.15) is 0 Å². The van der Waals surface area contributed by atoms with E-state index in [1.54, 1.807) is 26.8 Å². The van der Waals surface area contributed by atoms with E-state index in [-0.39, 0.29) is 43.8 Å². The Balaban J connectivity index is 3.18. The lowest BCUT2D eigenvalue weighted by Crippen LogP contribution is -2.51. The molecule has 1 rings (SSSR count). The molecular formula is C29H45NO8. The number of nitrogens with two attached hydrogens (primary N) is 1. The van der Waals surface area contributed by atoms with Crippen molar-refractivity contribution in [2.75, 3.05) is 13.7 Å². The number of ether oxygens (including phenoxy) is 4. The predicted octanol–water partition coefficient (Wildman–Crippen LogP) is 4.76. The highest BCUT2D eigenvalue weighted by Crippen LogP contribution is 2.32. The first-order valence-electron chi connectivity index (χ1n) is 13.2. The second-order valence-corrected chi connectivity index (χ2v) is 11.6. The molecule has 0 fully saturated rings. The van der Waals surface area contributed by atoms with E-state index in [1.807, 2.05) is 27.7 Å². The van der Waals surface area contributed by atoms with E-state index in [1.165, 1.54) is 19.2 Å². The van der Waals surface area contributed by atoms with Crippen LogP contribution in [-0.4, -0.2) is 43.1 Å². The fraction of sp³-hybridized carbons (Fsp3) is 0.655. The Morgan fingerprint density at radius 2 is 1.37 bits per heavy atom. The maximum atomic E-state index is 12.6. The lowest BCUT2D eigenvalue weighted by atomic mass is 9.88. The summed E-state index contributed by atoms with van der Waals surface area (Å²) in [6.07, 6.45) is 1.74. The van der Waals surface area contributed by atoms with Crippen molar-refractivity contribution in [2.45, 2.75) is 92.5 Å². The molecule has 0 aliphatic carbocycles. The molecule has 0 saturated heterocycles. The Kier molecular flexibility index (Phi) is 12.9. The number of carbonyl (C=O) groups excluding carboxylic acids is 4. The second kappa shape index (κ2) is 14.9. The Morgan fingerprint density at radius 3 is 1.84 bits per heavy atom. The van der Waals surface area contributed by atoms with Gasteiger partial charge in [-0.1, -0.05) is 33.8 Å². The van der Waals surface area contributed by atoms with Crippen LogP contribution in [0.2, 0.25) is 0 Å². The average Bonchev–Trinajstić information content (AvgIpc) is 2.81. The van der Waals surface area contributed by atoms with Gasteiger partial charge in [-0.25, -0.2) is 0 Å². The normalized spacial score (nSPS) is 13.1. The van der Waals surface area contributed by atoms with Gasteiger partial charge in [0.25, 0.3) is 0 Å². The van der Waals surface area contributed by atoms with Gasteiger partial charge in [0, 0.05) is 25.7 Å². The zero-order chi connectivity index (χ0) is 29.1. The fourth-order valence-electron chi connectivity index (χ4n) is 3.36. The van der Waals surface area contributed by atoms with Crippen LogP contribution in [0.15, 0.2) is 18.2 Å². The highest BCUT2D eigenvalue weighted by atomic mass is 16.6. The molecule has 0 spiro atoms. The summed E-state index contributed by atoms with van der Waals surface area (Å²) >= 11 is 0. The van der Waals surface area contributed by atoms with Crippen molar-refractivity contribution in [1.82, 2.24) is 0 Å². The van der Waals surface area contributed by atoms with Crippen molar-refractivity contribution in [2.24, 2.45) is 23.0 Å². The van der Waals surface area contributed by atoms with Gasteiger partial charge in [-0.05, 0) is 63.1 Å². The molecule has 0 aliphatic rings. The van der Waals surface area contributed by atoms with E-state index in [2.05, 4.69) is 0 Å². The molecule has 9 heteroatoms. The van der Waals surface area contributed by atoms with Crippen LogP contribution in [0, 0.1) is 17.3 Å². The molecule has 1 aromatic rings. The lowest BCUT2D eigenvalue weighted by Gasteiger charge is -2.27. The van der Waals surface area contributed by atoms with Crippen molar-refractivity contribution < 1.29 is 38.1 Å². The van der Waals surface area contributed by atoms with E-state index in [0.29, 0.717) is 30.2 Å². The average molecular weight is 536 g/mol. The van der Waals surface area contributed by atoms with Gasteiger partial charge in [0.1, 0.15) is 5.54 Å². The maximum absolute atomic E-state index is 12.6. The summed E-state index contributed by atoms with van der Waals surface area (Å²) in [5.41, 5.74) is 4.78. The van der Waals surface area contributed by atoms with Crippen molar-refractivity contribution in [3.05, 3.63) is 23.8 Å². The number of benzene rings is 1. The van der Waals surface area contributed by atoms with E-state index in [0.717, 1.165) is 0 Å². The molecule has 1 atom stereocenters. The Morgan fingerprint density at radius 1 is 0.842 bits per heavy atom. The van der Waals surface area contributed by atoms with Gasteiger partial charge < -0.3 is 24.7 Å². The number of hydrogen-bond donors (Lipinski definition) is 1. The van der Waals surface area contributed by atoms with Gasteiger partial charge in [0.2, 0.25) is 0 Å². The quantitative estimate of drug-likeness (QED) is 0.264. The van der Waals surface area contributed by atoms with Gasteiger partial charge >= 0.3 is 23.9 Å². The zero-order valence-electron chi connectivity index (χ0n) is 24.2. The largest absolute Gasteiger partial charge is 0.468 e. The standard InChI is InChI=1S/C29H45NO8/c1-19(2)9-13-24(31)37-22-12-11-21(17-23(22)38-25(32)14-10-20(3)4)18-29(30,27(34)35-8)15-16-36-26(33)28(5,6)7/h11-12,17,19-20H,9-10,13-16,18,30H2,1-8H3/t29-/m1/s1. The van der Waals surface area contributed by atoms with Crippen LogP contribution >= 0.6 is 0 Å². The third kappa shape index (κ3) is 11.6. The zero-order valence-corrected chi connectivity index (χ0v) is 24.2. The Bertz CT molecular complexity index is 964. The first-order chi connectivity index (χ1) is 17.6. The maximum Gasteiger partial charge on any atom is 0.326 e. The van der Waals surface area contributed by atoms with Crippen LogP contribution in [-0.2, 0) is 35.1 Å². The van der Waals surface area contributed by atoms with Crippen molar-refractivity contribution in [1.29, 1.82) is 0 Å². The monoisotopic (exact) mass is 535 g/mol. The summed E-state index contributed by atoms with van der Waals surface area (Å²) < 4.78 is 21.3. The van der Waals surface area contributed by atoms with Crippen LogP contribution < -0.4 is 15.2 Å². The molecule has 0 amide bonds. The number of esters is 4. The summed E-state index contributed by atoms with van der Waals surface area (Å²) in [5, 5.41) is 0. The van der Waals surface area contributed by atoms with Crippen LogP contribution in [0.1, 0.15) is 86.1 Å². The molecule has 0 heterocycles. The number of carbonyl (C=O) groups is 4. The fourth-order valence-corrected chi connectivity index (χ4v) is 3.36. The van der Waals surface area contributed by atoms with Crippen LogP contribution in [0.4, 0.5) is 0 Å². The van der Waals surface area contributed by atoms with E-state index in [4.69, 9.17) is 24.7 Å². The van der Waals surface area contributed by atoms with Gasteiger partial charge in [0.05, 0.1) is 19.1 Å². The van der Waals surface area contributed by atoms with E-state index < -0.39 is 34.8 Å². The molecule has 0 aliphatic heterocycles. The molecule has 0 radical (unpaired) electrons. The molecule has 2 N–H and O–H groups in total.